The zero-order chi connectivity index (χ0) is 22.0. The third-order valence-electron chi connectivity index (χ3n) is 4.49. The van der Waals surface area contributed by atoms with Gasteiger partial charge in [-0.25, -0.2) is 9.78 Å². The SMILES string of the molecule is CC(C)CN(C(=O)c1cnc2ccccc2n1)c1c(N)n(CC(C)C)c(=O)[nH]c1=O. The molecule has 9 heteroatoms. The molecule has 9 nitrogen and oxygen atoms in total. The first-order valence-electron chi connectivity index (χ1n) is 9.85. The highest BCUT2D eigenvalue weighted by molar-refractivity contribution is 6.06. The molecule has 1 aromatic carbocycles. The van der Waals surface area contributed by atoms with Crippen molar-refractivity contribution in [2.45, 2.75) is 34.2 Å². The van der Waals surface area contributed by atoms with Gasteiger partial charge in [0, 0.05) is 13.1 Å². The zero-order valence-electron chi connectivity index (χ0n) is 17.5. The lowest BCUT2D eigenvalue weighted by molar-refractivity contribution is 0.0978. The minimum absolute atomic E-state index is 0.0339. The van der Waals surface area contributed by atoms with Gasteiger partial charge < -0.3 is 5.73 Å². The van der Waals surface area contributed by atoms with Crippen LogP contribution >= 0.6 is 0 Å². The number of hydrogen-bond donors (Lipinski definition) is 2. The molecule has 0 saturated heterocycles. The average molecular weight is 410 g/mol. The van der Waals surface area contributed by atoms with E-state index < -0.39 is 17.2 Å². The van der Waals surface area contributed by atoms with Gasteiger partial charge in [-0.3, -0.25) is 29.0 Å². The fourth-order valence-electron chi connectivity index (χ4n) is 3.22. The van der Waals surface area contributed by atoms with Crippen LogP contribution in [-0.2, 0) is 6.54 Å². The maximum Gasteiger partial charge on any atom is 0.330 e. The highest BCUT2D eigenvalue weighted by atomic mass is 16.2. The number of nitrogens with zero attached hydrogens (tertiary/aromatic N) is 4. The van der Waals surface area contributed by atoms with Crippen molar-refractivity contribution in [3.63, 3.8) is 0 Å². The molecule has 0 bridgehead atoms. The Hall–Kier alpha value is -3.49. The van der Waals surface area contributed by atoms with Gasteiger partial charge in [0.05, 0.1) is 17.2 Å². The number of fused-ring (bicyclic) bond motifs is 1. The first kappa shape index (κ1) is 21.2. The second kappa shape index (κ2) is 8.48. The summed E-state index contributed by atoms with van der Waals surface area (Å²) in [5.41, 5.74) is 6.19. The number of nitrogens with one attached hydrogen (secondary N) is 1. The van der Waals surface area contributed by atoms with Gasteiger partial charge in [0.2, 0.25) is 0 Å². The summed E-state index contributed by atoms with van der Waals surface area (Å²) in [6.07, 6.45) is 1.38. The minimum Gasteiger partial charge on any atom is -0.383 e. The van der Waals surface area contributed by atoms with E-state index in [9.17, 15) is 14.4 Å². The van der Waals surface area contributed by atoms with Gasteiger partial charge in [0.25, 0.3) is 11.5 Å². The number of carbonyl (C=O) groups excluding carboxylic acids is 1. The number of benzene rings is 1. The number of anilines is 2. The van der Waals surface area contributed by atoms with Crippen molar-refractivity contribution in [1.82, 2.24) is 19.5 Å². The molecule has 0 radical (unpaired) electrons. The molecule has 0 unspecified atom stereocenters. The number of hydrogen-bond acceptors (Lipinski definition) is 6. The van der Waals surface area contributed by atoms with Crippen LogP contribution in [0.4, 0.5) is 11.5 Å². The number of para-hydroxylation sites is 2. The predicted octanol–water partition coefficient (Wildman–Crippen LogP) is 2.02. The molecule has 3 N–H and O–H groups in total. The second-order valence-electron chi connectivity index (χ2n) is 8.05. The third-order valence-corrected chi connectivity index (χ3v) is 4.49. The van der Waals surface area contributed by atoms with Crippen LogP contribution in [0.2, 0.25) is 0 Å². The number of amides is 1. The Balaban J connectivity index is 2.15. The molecular weight excluding hydrogens is 384 g/mol. The molecule has 0 aliphatic rings. The second-order valence-corrected chi connectivity index (χ2v) is 8.05. The van der Waals surface area contributed by atoms with E-state index in [1.165, 1.54) is 15.7 Å². The van der Waals surface area contributed by atoms with E-state index >= 15 is 0 Å². The van der Waals surface area contributed by atoms with Gasteiger partial charge in [0.1, 0.15) is 11.5 Å². The van der Waals surface area contributed by atoms with E-state index in [-0.39, 0.29) is 35.6 Å². The number of aromatic amines is 1. The van der Waals surface area contributed by atoms with Gasteiger partial charge in [-0.2, -0.15) is 0 Å². The van der Waals surface area contributed by atoms with Gasteiger partial charge in [-0.05, 0) is 24.0 Å². The molecule has 2 heterocycles. The standard InChI is InChI=1S/C21H26N6O3/c1-12(2)10-26(17-18(22)27(11-13(3)4)21(30)25-19(17)28)20(29)16-9-23-14-7-5-6-8-15(14)24-16/h5-9,12-13H,10-11,22H2,1-4H3,(H,25,28,30). The van der Waals surface area contributed by atoms with E-state index in [1.807, 2.05) is 39.8 Å². The Kier molecular flexibility index (Phi) is 6.00. The Morgan fingerprint density at radius 3 is 2.43 bits per heavy atom. The Labute approximate surface area is 173 Å². The van der Waals surface area contributed by atoms with Crippen molar-refractivity contribution in [2.24, 2.45) is 11.8 Å². The number of nitrogens with two attached hydrogens (primary N) is 1. The Bertz CT molecular complexity index is 1200. The van der Waals surface area contributed by atoms with Crippen LogP contribution < -0.4 is 21.9 Å². The summed E-state index contributed by atoms with van der Waals surface area (Å²) < 4.78 is 1.29. The minimum atomic E-state index is -0.708. The summed E-state index contributed by atoms with van der Waals surface area (Å²) in [5, 5.41) is 0. The molecule has 158 valence electrons. The van der Waals surface area contributed by atoms with Crippen molar-refractivity contribution >= 4 is 28.4 Å². The summed E-state index contributed by atoms with van der Waals surface area (Å²) in [7, 11) is 0. The average Bonchev–Trinajstić information content (AvgIpc) is 2.69. The van der Waals surface area contributed by atoms with Crippen LogP contribution in [0.15, 0.2) is 40.1 Å². The maximum absolute atomic E-state index is 13.4. The predicted molar refractivity (Wildman–Crippen MR) is 117 cm³/mol. The van der Waals surface area contributed by atoms with Crippen LogP contribution in [0, 0.1) is 11.8 Å². The molecule has 2 aromatic heterocycles. The number of aromatic nitrogens is 4. The summed E-state index contributed by atoms with van der Waals surface area (Å²) in [5.74, 6) is -0.398. The summed E-state index contributed by atoms with van der Waals surface area (Å²) in [6, 6.07) is 7.20. The van der Waals surface area contributed by atoms with Crippen molar-refractivity contribution in [3.05, 3.63) is 57.0 Å². The fraction of sp³-hybridized carbons (Fsp3) is 0.381. The topological polar surface area (TPSA) is 127 Å². The first-order valence-corrected chi connectivity index (χ1v) is 9.85. The van der Waals surface area contributed by atoms with Crippen LogP contribution in [0.25, 0.3) is 11.0 Å². The quantitative estimate of drug-likeness (QED) is 0.640. The number of H-pyrrole nitrogens is 1. The monoisotopic (exact) mass is 410 g/mol. The molecule has 3 rings (SSSR count). The van der Waals surface area contributed by atoms with Crippen molar-refractivity contribution in [1.29, 1.82) is 0 Å². The zero-order valence-corrected chi connectivity index (χ0v) is 17.5. The van der Waals surface area contributed by atoms with Crippen LogP contribution in [0.5, 0.6) is 0 Å². The molecule has 0 atom stereocenters. The summed E-state index contributed by atoms with van der Waals surface area (Å²) in [4.78, 5) is 50.6. The molecule has 30 heavy (non-hydrogen) atoms. The van der Waals surface area contributed by atoms with E-state index in [0.29, 0.717) is 17.6 Å². The van der Waals surface area contributed by atoms with Gasteiger partial charge in [-0.15, -0.1) is 0 Å². The largest absolute Gasteiger partial charge is 0.383 e. The van der Waals surface area contributed by atoms with Crippen molar-refractivity contribution in [3.8, 4) is 0 Å². The molecule has 0 aliphatic carbocycles. The van der Waals surface area contributed by atoms with Gasteiger partial charge in [-0.1, -0.05) is 39.8 Å². The van der Waals surface area contributed by atoms with Crippen molar-refractivity contribution in [2.75, 3.05) is 17.2 Å². The third kappa shape index (κ3) is 4.24. The van der Waals surface area contributed by atoms with Gasteiger partial charge in [0.15, 0.2) is 5.69 Å². The van der Waals surface area contributed by atoms with Gasteiger partial charge >= 0.3 is 5.69 Å². The molecule has 0 fully saturated rings. The van der Waals surface area contributed by atoms with E-state index in [2.05, 4.69) is 15.0 Å². The maximum atomic E-state index is 13.4. The molecule has 3 aromatic rings. The van der Waals surface area contributed by atoms with Crippen LogP contribution in [0.1, 0.15) is 38.2 Å². The van der Waals surface area contributed by atoms with E-state index in [0.717, 1.165) is 0 Å². The van der Waals surface area contributed by atoms with E-state index in [4.69, 9.17) is 5.73 Å². The van der Waals surface area contributed by atoms with Crippen LogP contribution in [-0.4, -0.2) is 32.0 Å². The molecular formula is C21H26N6O3. The number of rotatable bonds is 6. The lowest BCUT2D eigenvalue weighted by Crippen LogP contribution is -2.43. The van der Waals surface area contributed by atoms with E-state index in [1.54, 1.807) is 12.1 Å². The Morgan fingerprint density at radius 2 is 1.80 bits per heavy atom. The molecule has 0 aliphatic heterocycles. The normalized spacial score (nSPS) is 11.4. The molecule has 0 saturated carbocycles. The lowest BCUT2D eigenvalue weighted by atomic mass is 10.1. The van der Waals surface area contributed by atoms with Crippen LogP contribution in [0.3, 0.4) is 0 Å². The fourth-order valence-corrected chi connectivity index (χ4v) is 3.22. The lowest BCUT2D eigenvalue weighted by Gasteiger charge is -2.26. The Morgan fingerprint density at radius 1 is 1.13 bits per heavy atom. The number of carbonyl (C=O) groups is 1. The molecule has 0 spiro atoms. The highest BCUT2D eigenvalue weighted by Gasteiger charge is 2.27. The smallest absolute Gasteiger partial charge is 0.330 e. The number of nitrogen functional groups attached to an aromatic ring is 1. The first-order chi connectivity index (χ1) is 14.2. The molecule has 1 amide bonds. The summed E-state index contributed by atoms with van der Waals surface area (Å²) >= 11 is 0. The van der Waals surface area contributed by atoms with Crippen molar-refractivity contribution < 1.29 is 4.79 Å². The summed E-state index contributed by atoms with van der Waals surface area (Å²) in [6.45, 7) is 8.23. The highest BCUT2D eigenvalue weighted by Crippen LogP contribution is 2.21.